The Morgan fingerprint density at radius 2 is 2.31 bits per heavy atom. The van der Waals surface area contributed by atoms with Gasteiger partial charge in [0.2, 0.25) is 0 Å². The number of nitrogens with one attached hydrogen (secondary N) is 1. The number of rotatable bonds is 5. The summed E-state index contributed by atoms with van der Waals surface area (Å²) in [6.07, 6.45) is 8.81. The zero-order valence-electron chi connectivity index (χ0n) is 9.05. The maximum atomic E-state index is 3.82. The molecular weight excluding hydrogens is 158 g/mol. The molecule has 0 aromatic carbocycles. The Morgan fingerprint density at radius 1 is 1.54 bits per heavy atom. The third-order valence-electron chi connectivity index (χ3n) is 3.52. The van der Waals surface area contributed by atoms with Gasteiger partial charge in [0, 0.05) is 6.04 Å². The predicted octanol–water partition coefficient (Wildman–Crippen LogP) is 2.98. The lowest BCUT2D eigenvalue weighted by atomic mass is 9.94. The molecule has 0 saturated heterocycles. The summed E-state index contributed by atoms with van der Waals surface area (Å²) in [5.41, 5.74) is 0. The average Bonchev–Trinajstić information content (AvgIpc) is 2.62. The summed E-state index contributed by atoms with van der Waals surface area (Å²) in [5.74, 6) is 1.89. The van der Waals surface area contributed by atoms with Gasteiger partial charge in [0.15, 0.2) is 0 Å². The van der Waals surface area contributed by atoms with Crippen LogP contribution in [0.15, 0.2) is 12.7 Å². The molecule has 0 amide bonds. The first-order chi connectivity index (χ1) is 6.31. The molecule has 0 aliphatic heterocycles. The fourth-order valence-electron chi connectivity index (χ4n) is 2.58. The zero-order valence-corrected chi connectivity index (χ0v) is 9.05. The highest BCUT2D eigenvalue weighted by molar-refractivity contribution is 4.87. The van der Waals surface area contributed by atoms with Gasteiger partial charge in [-0.1, -0.05) is 25.8 Å². The van der Waals surface area contributed by atoms with Crippen molar-refractivity contribution in [2.24, 2.45) is 11.8 Å². The van der Waals surface area contributed by atoms with Gasteiger partial charge in [0.1, 0.15) is 0 Å². The van der Waals surface area contributed by atoms with E-state index in [1.807, 2.05) is 6.08 Å². The summed E-state index contributed by atoms with van der Waals surface area (Å²) in [7, 11) is 2.08. The second-order valence-electron chi connectivity index (χ2n) is 4.27. The van der Waals surface area contributed by atoms with Crippen LogP contribution in [0.2, 0.25) is 0 Å². The summed E-state index contributed by atoms with van der Waals surface area (Å²) in [4.78, 5) is 0. The Balaban J connectivity index is 2.37. The van der Waals surface area contributed by atoms with Crippen molar-refractivity contribution in [3.05, 3.63) is 12.7 Å². The van der Waals surface area contributed by atoms with Gasteiger partial charge < -0.3 is 5.32 Å². The van der Waals surface area contributed by atoms with Crippen molar-refractivity contribution in [3.63, 3.8) is 0 Å². The second kappa shape index (κ2) is 5.43. The van der Waals surface area contributed by atoms with Gasteiger partial charge in [-0.05, 0) is 38.1 Å². The molecule has 1 nitrogen and oxygen atoms in total. The summed E-state index contributed by atoms with van der Waals surface area (Å²) < 4.78 is 0. The van der Waals surface area contributed by atoms with E-state index in [0.29, 0.717) is 6.04 Å². The van der Waals surface area contributed by atoms with Crippen molar-refractivity contribution in [2.45, 2.75) is 45.1 Å². The SMILES string of the molecule is C=CCC(NC)C1CCC(CC)C1. The standard InChI is InChI=1S/C12H23N/c1-4-6-12(13-3)11-8-7-10(5-2)9-11/h4,10-13H,1,5-9H2,2-3H3. The molecule has 0 aromatic heterocycles. The smallest absolute Gasteiger partial charge is 0.0127 e. The molecule has 1 aliphatic carbocycles. The van der Waals surface area contributed by atoms with Crippen molar-refractivity contribution in [1.82, 2.24) is 5.32 Å². The first kappa shape index (κ1) is 10.8. The molecule has 1 N–H and O–H groups in total. The molecule has 1 heteroatoms. The van der Waals surface area contributed by atoms with Gasteiger partial charge in [-0.3, -0.25) is 0 Å². The molecular formula is C12H23N. The molecule has 1 fully saturated rings. The van der Waals surface area contributed by atoms with Gasteiger partial charge >= 0.3 is 0 Å². The van der Waals surface area contributed by atoms with Crippen LogP contribution in [-0.2, 0) is 0 Å². The Hall–Kier alpha value is -0.300. The van der Waals surface area contributed by atoms with Crippen LogP contribution in [0, 0.1) is 11.8 Å². The largest absolute Gasteiger partial charge is 0.316 e. The van der Waals surface area contributed by atoms with Crippen molar-refractivity contribution in [3.8, 4) is 0 Å². The van der Waals surface area contributed by atoms with Gasteiger partial charge in [-0.25, -0.2) is 0 Å². The molecule has 0 bridgehead atoms. The van der Waals surface area contributed by atoms with E-state index in [1.165, 1.54) is 25.7 Å². The number of hydrogen-bond acceptors (Lipinski definition) is 1. The van der Waals surface area contributed by atoms with E-state index in [9.17, 15) is 0 Å². The molecule has 1 rings (SSSR count). The van der Waals surface area contributed by atoms with Crippen LogP contribution in [0.4, 0.5) is 0 Å². The van der Waals surface area contributed by atoms with Crippen molar-refractivity contribution < 1.29 is 0 Å². The Morgan fingerprint density at radius 3 is 2.77 bits per heavy atom. The minimum absolute atomic E-state index is 0.675. The van der Waals surface area contributed by atoms with Crippen LogP contribution in [-0.4, -0.2) is 13.1 Å². The molecule has 1 saturated carbocycles. The van der Waals surface area contributed by atoms with E-state index in [1.54, 1.807) is 0 Å². The van der Waals surface area contributed by atoms with Crippen LogP contribution in [0.25, 0.3) is 0 Å². The average molecular weight is 181 g/mol. The minimum atomic E-state index is 0.675. The highest BCUT2D eigenvalue weighted by atomic mass is 14.9. The monoisotopic (exact) mass is 181 g/mol. The van der Waals surface area contributed by atoms with Crippen LogP contribution in [0.3, 0.4) is 0 Å². The molecule has 0 aromatic rings. The Bertz CT molecular complexity index is 153. The maximum absolute atomic E-state index is 3.82. The summed E-state index contributed by atoms with van der Waals surface area (Å²) >= 11 is 0. The van der Waals surface area contributed by atoms with Gasteiger partial charge in [0.05, 0.1) is 0 Å². The van der Waals surface area contributed by atoms with Crippen LogP contribution in [0.1, 0.15) is 39.0 Å². The molecule has 76 valence electrons. The molecule has 3 atom stereocenters. The Kier molecular flexibility index (Phi) is 4.51. The molecule has 1 aliphatic rings. The lowest BCUT2D eigenvalue weighted by Crippen LogP contribution is -2.31. The van der Waals surface area contributed by atoms with Crippen LogP contribution in [0.5, 0.6) is 0 Å². The first-order valence-electron chi connectivity index (χ1n) is 5.60. The lowest BCUT2D eigenvalue weighted by Gasteiger charge is -2.21. The minimum Gasteiger partial charge on any atom is -0.316 e. The van der Waals surface area contributed by atoms with Crippen LogP contribution < -0.4 is 5.32 Å². The summed E-state index contributed by atoms with van der Waals surface area (Å²) in [5, 5.41) is 3.42. The van der Waals surface area contributed by atoms with E-state index in [0.717, 1.165) is 18.3 Å². The second-order valence-corrected chi connectivity index (χ2v) is 4.27. The van der Waals surface area contributed by atoms with Crippen molar-refractivity contribution in [1.29, 1.82) is 0 Å². The fraction of sp³-hybridized carbons (Fsp3) is 0.833. The van der Waals surface area contributed by atoms with Crippen LogP contribution >= 0.6 is 0 Å². The topological polar surface area (TPSA) is 12.0 Å². The Labute approximate surface area is 82.6 Å². The third-order valence-corrected chi connectivity index (χ3v) is 3.52. The van der Waals surface area contributed by atoms with Gasteiger partial charge in [-0.15, -0.1) is 6.58 Å². The lowest BCUT2D eigenvalue weighted by molar-refractivity contribution is 0.366. The van der Waals surface area contributed by atoms with Crippen molar-refractivity contribution in [2.75, 3.05) is 7.05 Å². The van der Waals surface area contributed by atoms with Crippen molar-refractivity contribution >= 4 is 0 Å². The molecule has 0 heterocycles. The molecule has 3 unspecified atom stereocenters. The van der Waals surface area contributed by atoms with E-state index in [4.69, 9.17) is 0 Å². The number of hydrogen-bond donors (Lipinski definition) is 1. The highest BCUT2D eigenvalue weighted by Gasteiger charge is 2.28. The third kappa shape index (κ3) is 2.84. The summed E-state index contributed by atoms with van der Waals surface area (Å²) in [6.45, 7) is 6.13. The molecule has 13 heavy (non-hydrogen) atoms. The highest BCUT2D eigenvalue weighted by Crippen LogP contribution is 2.35. The van der Waals surface area contributed by atoms with E-state index < -0.39 is 0 Å². The quantitative estimate of drug-likeness (QED) is 0.643. The summed E-state index contributed by atoms with van der Waals surface area (Å²) in [6, 6.07) is 0.675. The first-order valence-corrected chi connectivity index (χ1v) is 5.60. The maximum Gasteiger partial charge on any atom is 0.0127 e. The molecule has 0 spiro atoms. The predicted molar refractivity (Wildman–Crippen MR) is 58.8 cm³/mol. The molecule has 0 radical (unpaired) electrons. The van der Waals surface area contributed by atoms with E-state index in [-0.39, 0.29) is 0 Å². The fourth-order valence-corrected chi connectivity index (χ4v) is 2.58. The van der Waals surface area contributed by atoms with Gasteiger partial charge in [0.25, 0.3) is 0 Å². The van der Waals surface area contributed by atoms with E-state index >= 15 is 0 Å². The van der Waals surface area contributed by atoms with Gasteiger partial charge in [-0.2, -0.15) is 0 Å². The van der Waals surface area contributed by atoms with E-state index in [2.05, 4.69) is 25.9 Å². The zero-order chi connectivity index (χ0) is 9.68. The normalized spacial score (nSPS) is 30.3.